The highest BCUT2D eigenvalue weighted by molar-refractivity contribution is 6.06. The zero-order valence-corrected chi connectivity index (χ0v) is 19.9. The number of carbonyl (C=O) groups excluding carboxylic acids is 2. The normalized spacial score (nSPS) is 15.4. The highest BCUT2D eigenvalue weighted by Crippen LogP contribution is 2.32. The van der Waals surface area contributed by atoms with E-state index in [2.05, 4.69) is 15.3 Å². The molecule has 0 radical (unpaired) electrons. The maximum atomic E-state index is 13.0. The summed E-state index contributed by atoms with van der Waals surface area (Å²) in [5.41, 5.74) is 3.22. The van der Waals surface area contributed by atoms with E-state index < -0.39 is 0 Å². The van der Waals surface area contributed by atoms with E-state index in [9.17, 15) is 9.59 Å². The Kier molecular flexibility index (Phi) is 7.35. The highest BCUT2D eigenvalue weighted by Gasteiger charge is 2.30. The summed E-state index contributed by atoms with van der Waals surface area (Å²) in [6.07, 6.45) is 5.48. The summed E-state index contributed by atoms with van der Waals surface area (Å²) < 4.78 is 10.8. The number of amides is 2. The number of hydrogen-bond donors (Lipinski definition) is 1. The number of methoxy groups -OCH3 is 2. The van der Waals surface area contributed by atoms with Crippen molar-refractivity contribution >= 4 is 23.2 Å². The molecule has 35 heavy (non-hydrogen) atoms. The molecule has 9 heteroatoms. The standard InChI is InChI=1S/C26H27N5O4/c1-4-17-14-24(32)31(30-25(17)18-9-10-22(34-2)23(13-18)35-3)16-19-7-5-6-8-20(19)29-26(33)21-15-27-11-12-28-21/h5-13,15,17H,4,14,16H2,1-3H3,(H,29,33). The van der Waals surface area contributed by atoms with Gasteiger partial charge in [-0.1, -0.05) is 25.1 Å². The van der Waals surface area contributed by atoms with Gasteiger partial charge in [0, 0.05) is 36.0 Å². The van der Waals surface area contributed by atoms with Gasteiger partial charge in [0.2, 0.25) is 5.91 Å². The molecule has 1 atom stereocenters. The molecule has 3 aromatic rings. The van der Waals surface area contributed by atoms with E-state index >= 15 is 0 Å². The molecule has 0 fully saturated rings. The maximum Gasteiger partial charge on any atom is 0.275 e. The van der Waals surface area contributed by atoms with E-state index in [1.807, 2.05) is 43.3 Å². The lowest BCUT2D eigenvalue weighted by Gasteiger charge is -2.30. The number of ether oxygens (including phenoxy) is 2. The summed E-state index contributed by atoms with van der Waals surface area (Å²) >= 11 is 0. The molecule has 0 aliphatic carbocycles. The molecule has 0 saturated heterocycles. The van der Waals surface area contributed by atoms with E-state index in [0.29, 0.717) is 23.6 Å². The zero-order valence-electron chi connectivity index (χ0n) is 19.9. The first kappa shape index (κ1) is 23.9. The molecular formula is C26H27N5O4. The number of nitrogens with zero attached hydrogens (tertiary/aromatic N) is 4. The van der Waals surface area contributed by atoms with Crippen LogP contribution in [0.4, 0.5) is 5.69 Å². The molecule has 1 N–H and O–H groups in total. The molecule has 0 saturated carbocycles. The minimum absolute atomic E-state index is 0.0107. The first-order chi connectivity index (χ1) is 17.0. The van der Waals surface area contributed by atoms with E-state index in [0.717, 1.165) is 23.3 Å². The number of hydrazone groups is 1. The lowest BCUT2D eigenvalue weighted by molar-refractivity contribution is -0.133. The van der Waals surface area contributed by atoms with Gasteiger partial charge in [-0.15, -0.1) is 0 Å². The fraction of sp³-hybridized carbons (Fsp3) is 0.269. The van der Waals surface area contributed by atoms with Crippen molar-refractivity contribution in [1.82, 2.24) is 15.0 Å². The predicted molar refractivity (Wildman–Crippen MR) is 131 cm³/mol. The lowest BCUT2D eigenvalue weighted by Crippen LogP contribution is -2.37. The van der Waals surface area contributed by atoms with Crippen LogP contribution in [0, 0.1) is 5.92 Å². The molecule has 2 aromatic carbocycles. The SMILES string of the molecule is CCC1CC(=O)N(Cc2ccccc2NC(=O)c2cnccn2)N=C1c1ccc(OC)c(OC)c1. The third-order valence-corrected chi connectivity index (χ3v) is 5.88. The quantitative estimate of drug-likeness (QED) is 0.532. The number of carbonyl (C=O) groups is 2. The first-order valence-electron chi connectivity index (χ1n) is 11.3. The van der Waals surface area contributed by atoms with Crippen molar-refractivity contribution in [3.05, 3.63) is 77.9 Å². The van der Waals surface area contributed by atoms with Gasteiger partial charge in [0.1, 0.15) is 5.69 Å². The summed E-state index contributed by atoms with van der Waals surface area (Å²) in [6.45, 7) is 2.25. The van der Waals surface area contributed by atoms with Crippen LogP contribution in [0.15, 0.2) is 66.2 Å². The van der Waals surface area contributed by atoms with E-state index in [1.54, 1.807) is 20.3 Å². The Labute approximate surface area is 203 Å². The topological polar surface area (TPSA) is 106 Å². The van der Waals surface area contributed by atoms with Crippen molar-refractivity contribution in [2.45, 2.75) is 26.3 Å². The molecular weight excluding hydrogens is 446 g/mol. The molecule has 1 aliphatic rings. The van der Waals surface area contributed by atoms with Crippen LogP contribution in [0.3, 0.4) is 0 Å². The third-order valence-electron chi connectivity index (χ3n) is 5.88. The number of anilines is 1. The van der Waals surface area contributed by atoms with Crippen LogP contribution in [-0.4, -0.2) is 46.7 Å². The van der Waals surface area contributed by atoms with Crippen molar-refractivity contribution in [2.75, 3.05) is 19.5 Å². The van der Waals surface area contributed by atoms with Gasteiger partial charge >= 0.3 is 0 Å². The Morgan fingerprint density at radius 3 is 2.63 bits per heavy atom. The van der Waals surface area contributed by atoms with Gasteiger partial charge in [-0.25, -0.2) is 9.99 Å². The molecule has 0 spiro atoms. The molecule has 1 aromatic heterocycles. The minimum Gasteiger partial charge on any atom is -0.493 e. The molecule has 1 unspecified atom stereocenters. The summed E-state index contributed by atoms with van der Waals surface area (Å²) in [5.74, 6) is 0.764. The van der Waals surface area contributed by atoms with E-state index in [1.165, 1.54) is 23.6 Å². The largest absolute Gasteiger partial charge is 0.493 e. The molecule has 2 heterocycles. The molecule has 180 valence electrons. The predicted octanol–water partition coefficient (Wildman–Crippen LogP) is 3.91. The summed E-state index contributed by atoms with van der Waals surface area (Å²) in [4.78, 5) is 33.6. The van der Waals surface area contributed by atoms with Crippen molar-refractivity contribution in [3.63, 3.8) is 0 Å². The Morgan fingerprint density at radius 2 is 1.91 bits per heavy atom. The first-order valence-corrected chi connectivity index (χ1v) is 11.3. The molecule has 2 amide bonds. The lowest BCUT2D eigenvalue weighted by atomic mass is 9.89. The molecule has 9 nitrogen and oxygen atoms in total. The smallest absolute Gasteiger partial charge is 0.275 e. The second kappa shape index (κ2) is 10.8. The van der Waals surface area contributed by atoms with E-state index in [-0.39, 0.29) is 30.0 Å². The monoisotopic (exact) mass is 473 g/mol. The van der Waals surface area contributed by atoms with Crippen LogP contribution in [0.25, 0.3) is 0 Å². The zero-order chi connectivity index (χ0) is 24.8. The molecule has 1 aliphatic heterocycles. The number of benzene rings is 2. The van der Waals surface area contributed by atoms with Gasteiger partial charge in [0.15, 0.2) is 11.5 Å². The second-order valence-electron chi connectivity index (χ2n) is 8.02. The van der Waals surface area contributed by atoms with Gasteiger partial charge in [0.25, 0.3) is 5.91 Å². The van der Waals surface area contributed by atoms with Crippen LogP contribution < -0.4 is 14.8 Å². The summed E-state index contributed by atoms with van der Waals surface area (Å²) in [5, 5.41) is 9.09. The maximum absolute atomic E-state index is 13.0. The molecule has 0 bridgehead atoms. The fourth-order valence-corrected chi connectivity index (χ4v) is 3.97. The average molecular weight is 474 g/mol. The fourth-order valence-electron chi connectivity index (χ4n) is 3.97. The minimum atomic E-state index is -0.379. The van der Waals surface area contributed by atoms with Gasteiger partial charge in [0.05, 0.1) is 32.7 Å². The number of rotatable bonds is 8. The third kappa shape index (κ3) is 5.29. The van der Waals surface area contributed by atoms with Crippen LogP contribution in [0.5, 0.6) is 11.5 Å². The number of aromatic nitrogens is 2. The number of hydrogen-bond acceptors (Lipinski definition) is 7. The van der Waals surface area contributed by atoms with Gasteiger partial charge in [-0.3, -0.25) is 14.6 Å². The van der Waals surface area contributed by atoms with Gasteiger partial charge < -0.3 is 14.8 Å². The Hall–Kier alpha value is -4.27. The van der Waals surface area contributed by atoms with Crippen molar-refractivity contribution < 1.29 is 19.1 Å². The Bertz CT molecular complexity index is 1250. The molecule has 4 rings (SSSR count). The van der Waals surface area contributed by atoms with E-state index in [4.69, 9.17) is 14.6 Å². The van der Waals surface area contributed by atoms with Crippen molar-refractivity contribution in [1.29, 1.82) is 0 Å². The summed E-state index contributed by atoms with van der Waals surface area (Å²) in [6, 6.07) is 13.0. The van der Waals surface area contributed by atoms with Crippen LogP contribution in [0.2, 0.25) is 0 Å². The highest BCUT2D eigenvalue weighted by atomic mass is 16.5. The Balaban J connectivity index is 1.63. The van der Waals surface area contributed by atoms with Gasteiger partial charge in [-0.2, -0.15) is 5.10 Å². The van der Waals surface area contributed by atoms with Crippen LogP contribution >= 0.6 is 0 Å². The number of para-hydroxylation sites is 1. The Morgan fingerprint density at radius 1 is 1.11 bits per heavy atom. The average Bonchev–Trinajstić information content (AvgIpc) is 2.90. The van der Waals surface area contributed by atoms with Crippen molar-refractivity contribution in [2.24, 2.45) is 11.0 Å². The van der Waals surface area contributed by atoms with Crippen molar-refractivity contribution in [3.8, 4) is 11.5 Å². The summed E-state index contributed by atoms with van der Waals surface area (Å²) in [7, 11) is 3.18. The van der Waals surface area contributed by atoms with Crippen LogP contribution in [0.1, 0.15) is 41.4 Å². The number of nitrogens with one attached hydrogen (secondary N) is 1. The second-order valence-corrected chi connectivity index (χ2v) is 8.02. The van der Waals surface area contributed by atoms with Crippen LogP contribution in [-0.2, 0) is 11.3 Å². The van der Waals surface area contributed by atoms with Gasteiger partial charge in [-0.05, 0) is 36.2 Å².